The number of hydrogen-bond donors (Lipinski definition) is 0. The summed E-state index contributed by atoms with van der Waals surface area (Å²) >= 11 is 0. The standard InChI is InChI=1S/C20H20N2O3/c1-13(2)15-6-8-16(9-7-15)20(24)25-12-17-11-18(23)22-10-4-5-14(3)19(22)21-17/h4-11,13H,12H2,1-3H3. The van der Waals surface area contributed by atoms with Gasteiger partial charge in [0.15, 0.2) is 0 Å². The lowest BCUT2D eigenvalue weighted by Gasteiger charge is -2.08. The van der Waals surface area contributed by atoms with E-state index in [4.69, 9.17) is 4.74 Å². The highest BCUT2D eigenvalue weighted by molar-refractivity contribution is 5.89. The van der Waals surface area contributed by atoms with Crippen molar-refractivity contribution >= 4 is 11.6 Å². The Kier molecular flexibility index (Phi) is 4.65. The first-order valence-corrected chi connectivity index (χ1v) is 8.20. The monoisotopic (exact) mass is 336 g/mol. The van der Waals surface area contributed by atoms with E-state index in [9.17, 15) is 9.59 Å². The quantitative estimate of drug-likeness (QED) is 0.684. The number of benzene rings is 1. The molecule has 1 aromatic carbocycles. The topological polar surface area (TPSA) is 60.7 Å². The number of carbonyl (C=O) groups excluding carboxylic acids is 1. The van der Waals surface area contributed by atoms with E-state index in [0.29, 0.717) is 22.8 Å². The van der Waals surface area contributed by atoms with Crippen molar-refractivity contribution in [1.82, 2.24) is 9.38 Å². The van der Waals surface area contributed by atoms with Crippen LogP contribution in [-0.4, -0.2) is 15.4 Å². The molecule has 3 rings (SSSR count). The Morgan fingerprint density at radius 2 is 1.92 bits per heavy atom. The highest BCUT2D eigenvalue weighted by atomic mass is 16.5. The summed E-state index contributed by atoms with van der Waals surface area (Å²) in [7, 11) is 0. The average molecular weight is 336 g/mol. The number of hydrogen-bond acceptors (Lipinski definition) is 4. The minimum absolute atomic E-state index is 0.0369. The highest BCUT2D eigenvalue weighted by Crippen LogP contribution is 2.15. The van der Waals surface area contributed by atoms with Crippen LogP contribution >= 0.6 is 0 Å². The van der Waals surface area contributed by atoms with Crippen LogP contribution in [0.2, 0.25) is 0 Å². The van der Waals surface area contributed by atoms with Crippen molar-refractivity contribution in [3.8, 4) is 0 Å². The van der Waals surface area contributed by atoms with Gasteiger partial charge in [0, 0.05) is 12.3 Å². The fourth-order valence-electron chi connectivity index (χ4n) is 2.61. The molecule has 0 unspecified atom stereocenters. The van der Waals surface area contributed by atoms with Gasteiger partial charge in [-0.15, -0.1) is 0 Å². The number of fused-ring (bicyclic) bond motifs is 1. The fourth-order valence-corrected chi connectivity index (χ4v) is 2.61. The first-order chi connectivity index (χ1) is 12.0. The molecule has 25 heavy (non-hydrogen) atoms. The molecule has 5 nitrogen and oxygen atoms in total. The predicted molar refractivity (Wildman–Crippen MR) is 95.8 cm³/mol. The van der Waals surface area contributed by atoms with Gasteiger partial charge in [-0.2, -0.15) is 0 Å². The summed E-state index contributed by atoms with van der Waals surface area (Å²) < 4.78 is 6.79. The molecule has 0 radical (unpaired) electrons. The van der Waals surface area contributed by atoms with Crippen LogP contribution in [0.25, 0.3) is 5.65 Å². The molecule has 0 N–H and O–H groups in total. The van der Waals surface area contributed by atoms with E-state index in [2.05, 4.69) is 18.8 Å². The molecule has 0 saturated heterocycles. The summed E-state index contributed by atoms with van der Waals surface area (Å²) in [6.07, 6.45) is 1.67. The summed E-state index contributed by atoms with van der Waals surface area (Å²) in [6.45, 7) is 6.04. The van der Waals surface area contributed by atoms with Gasteiger partial charge in [-0.05, 0) is 42.2 Å². The molecule has 0 aliphatic heterocycles. The normalized spacial score (nSPS) is 11.0. The molecule has 5 heteroatoms. The molecule has 3 aromatic rings. The van der Waals surface area contributed by atoms with Gasteiger partial charge in [0.05, 0.1) is 11.3 Å². The van der Waals surface area contributed by atoms with Crippen molar-refractivity contribution in [2.45, 2.75) is 33.3 Å². The van der Waals surface area contributed by atoms with E-state index in [1.807, 2.05) is 25.1 Å². The zero-order valence-electron chi connectivity index (χ0n) is 14.5. The third-order valence-corrected chi connectivity index (χ3v) is 4.10. The number of esters is 1. The third kappa shape index (κ3) is 3.60. The van der Waals surface area contributed by atoms with Gasteiger partial charge >= 0.3 is 5.97 Å². The summed E-state index contributed by atoms with van der Waals surface area (Å²) in [5, 5.41) is 0. The van der Waals surface area contributed by atoms with Gasteiger partial charge in [-0.3, -0.25) is 9.20 Å². The maximum atomic E-state index is 12.2. The number of nitrogens with zero attached hydrogens (tertiary/aromatic N) is 2. The Hall–Kier alpha value is -2.95. The second-order valence-corrected chi connectivity index (χ2v) is 6.32. The minimum Gasteiger partial charge on any atom is -0.456 e. The van der Waals surface area contributed by atoms with Gasteiger partial charge in [-0.1, -0.05) is 32.0 Å². The number of aromatic nitrogens is 2. The van der Waals surface area contributed by atoms with Crippen LogP contribution in [0.4, 0.5) is 0 Å². The van der Waals surface area contributed by atoms with Crippen LogP contribution in [0.3, 0.4) is 0 Å². The first-order valence-electron chi connectivity index (χ1n) is 8.20. The molecule has 2 heterocycles. The molecule has 0 saturated carbocycles. The van der Waals surface area contributed by atoms with Crippen LogP contribution < -0.4 is 5.56 Å². The lowest BCUT2D eigenvalue weighted by Crippen LogP contribution is -2.17. The lowest BCUT2D eigenvalue weighted by molar-refractivity contribution is 0.0467. The average Bonchev–Trinajstić information content (AvgIpc) is 2.60. The molecule has 2 aromatic heterocycles. The van der Waals surface area contributed by atoms with E-state index < -0.39 is 5.97 Å². The molecule has 0 spiro atoms. The van der Waals surface area contributed by atoms with E-state index >= 15 is 0 Å². The highest BCUT2D eigenvalue weighted by Gasteiger charge is 2.10. The number of rotatable bonds is 4. The zero-order valence-corrected chi connectivity index (χ0v) is 14.5. The number of aryl methyl sites for hydroxylation is 1. The van der Waals surface area contributed by atoms with E-state index in [1.54, 1.807) is 24.4 Å². The largest absolute Gasteiger partial charge is 0.456 e. The van der Waals surface area contributed by atoms with Crippen molar-refractivity contribution in [2.24, 2.45) is 0 Å². The van der Waals surface area contributed by atoms with Crippen molar-refractivity contribution < 1.29 is 9.53 Å². The second kappa shape index (κ2) is 6.89. The molecule has 0 amide bonds. The Morgan fingerprint density at radius 1 is 1.20 bits per heavy atom. The summed E-state index contributed by atoms with van der Waals surface area (Å²) in [5.74, 6) is -0.0230. The van der Waals surface area contributed by atoms with Crippen molar-refractivity contribution in [2.75, 3.05) is 0 Å². The Bertz CT molecular complexity index is 972. The molecule has 0 aliphatic rings. The van der Waals surface area contributed by atoms with E-state index in [1.165, 1.54) is 10.5 Å². The summed E-state index contributed by atoms with van der Waals surface area (Å²) in [5.41, 5.74) is 3.35. The van der Waals surface area contributed by atoms with Crippen LogP contribution in [0.15, 0.2) is 53.5 Å². The molecular formula is C20H20N2O3. The van der Waals surface area contributed by atoms with Gasteiger partial charge < -0.3 is 4.74 Å². The zero-order chi connectivity index (χ0) is 18.0. The molecule has 0 aliphatic carbocycles. The Balaban J connectivity index is 1.77. The predicted octanol–water partition coefficient (Wildman–Crippen LogP) is 3.48. The van der Waals surface area contributed by atoms with Crippen molar-refractivity contribution in [3.63, 3.8) is 0 Å². The Morgan fingerprint density at radius 3 is 2.60 bits per heavy atom. The fraction of sp³-hybridized carbons (Fsp3) is 0.250. The molecular weight excluding hydrogens is 316 g/mol. The number of carbonyl (C=O) groups is 1. The maximum absolute atomic E-state index is 12.2. The lowest BCUT2D eigenvalue weighted by atomic mass is 10.0. The van der Waals surface area contributed by atoms with Crippen LogP contribution in [-0.2, 0) is 11.3 Å². The van der Waals surface area contributed by atoms with Crippen LogP contribution in [0, 0.1) is 6.92 Å². The molecule has 0 fully saturated rings. The van der Waals surface area contributed by atoms with E-state index in [-0.39, 0.29) is 12.2 Å². The SMILES string of the molecule is Cc1cccn2c(=O)cc(COC(=O)c3ccc(C(C)C)cc3)nc12. The van der Waals surface area contributed by atoms with Crippen LogP contribution in [0.5, 0.6) is 0 Å². The third-order valence-electron chi connectivity index (χ3n) is 4.10. The molecule has 128 valence electrons. The number of pyridine rings is 1. The summed E-state index contributed by atoms with van der Waals surface area (Å²) in [4.78, 5) is 28.8. The summed E-state index contributed by atoms with van der Waals surface area (Å²) in [6, 6.07) is 12.4. The maximum Gasteiger partial charge on any atom is 0.338 e. The van der Waals surface area contributed by atoms with Crippen molar-refractivity contribution in [3.05, 3.63) is 81.4 Å². The van der Waals surface area contributed by atoms with Gasteiger partial charge in [0.1, 0.15) is 12.3 Å². The van der Waals surface area contributed by atoms with Gasteiger partial charge in [0.2, 0.25) is 0 Å². The minimum atomic E-state index is -0.429. The second-order valence-electron chi connectivity index (χ2n) is 6.32. The first kappa shape index (κ1) is 16.9. The Labute approximate surface area is 145 Å². The molecule has 0 bridgehead atoms. The van der Waals surface area contributed by atoms with Crippen molar-refractivity contribution in [1.29, 1.82) is 0 Å². The van der Waals surface area contributed by atoms with Crippen LogP contribution in [0.1, 0.15) is 46.9 Å². The number of ether oxygens (including phenoxy) is 1. The molecule has 0 atom stereocenters. The van der Waals surface area contributed by atoms with Gasteiger partial charge in [0.25, 0.3) is 5.56 Å². The van der Waals surface area contributed by atoms with Gasteiger partial charge in [-0.25, -0.2) is 9.78 Å². The van der Waals surface area contributed by atoms with E-state index in [0.717, 1.165) is 11.1 Å². The smallest absolute Gasteiger partial charge is 0.338 e.